The van der Waals surface area contributed by atoms with Gasteiger partial charge in [0.15, 0.2) is 5.78 Å². The van der Waals surface area contributed by atoms with E-state index in [0.29, 0.717) is 24.3 Å². The molecule has 4 nitrogen and oxygen atoms in total. The van der Waals surface area contributed by atoms with Gasteiger partial charge in [0.1, 0.15) is 18.1 Å². The van der Waals surface area contributed by atoms with Gasteiger partial charge < -0.3 is 9.26 Å². The largest absolute Gasteiger partial charge is 0.489 e. The Labute approximate surface area is 147 Å². The molecule has 0 saturated heterocycles. The Bertz CT molecular complexity index is 842. The molecule has 2 aromatic carbocycles. The van der Waals surface area contributed by atoms with Crippen molar-refractivity contribution in [3.05, 3.63) is 82.2 Å². The van der Waals surface area contributed by atoms with Crippen molar-refractivity contribution in [1.82, 2.24) is 5.16 Å². The molecule has 0 aliphatic heterocycles. The average Bonchev–Trinajstić information content (AvgIpc) is 2.93. The summed E-state index contributed by atoms with van der Waals surface area (Å²) in [5.74, 6) is 1.58. The van der Waals surface area contributed by atoms with Gasteiger partial charge in [0, 0.05) is 12.0 Å². The zero-order chi connectivity index (χ0) is 17.8. The highest BCUT2D eigenvalue weighted by atomic mass is 16.5. The Balaban J connectivity index is 1.61. The van der Waals surface area contributed by atoms with Crippen LogP contribution in [0.5, 0.6) is 5.75 Å². The van der Waals surface area contributed by atoms with Crippen LogP contribution in [0, 0.1) is 20.8 Å². The van der Waals surface area contributed by atoms with E-state index in [4.69, 9.17) is 9.26 Å². The fraction of sp³-hybridized carbons (Fsp3) is 0.238. The second kappa shape index (κ2) is 7.34. The number of hydrogen-bond donors (Lipinski definition) is 0. The van der Waals surface area contributed by atoms with Crippen molar-refractivity contribution in [1.29, 1.82) is 0 Å². The summed E-state index contributed by atoms with van der Waals surface area (Å²) in [6, 6.07) is 15.3. The molecule has 0 radical (unpaired) electrons. The topological polar surface area (TPSA) is 52.3 Å². The van der Waals surface area contributed by atoms with Crippen molar-refractivity contribution < 1.29 is 14.1 Å². The molecule has 0 saturated carbocycles. The van der Waals surface area contributed by atoms with Gasteiger partial charge >= 0.3 is 0 Å². The lowest BCUT2D eigenvalue weighted by Crippen LogP contribution is -2.04. The van der Waals surface area contributed by atoms with Crippen LogP contribution >= 0.6 is 0 Å². The highest BCUT2D eigenvalue weighted by Crippen LogP contribution is 2.18. The fourth-order valence-corrected chi connectivity index (χ4v) is 2.59. The lowest BCUT2D eigenvalue weighted by atomic mass is 10.0. The smallest absolute Gasteiger partial charge is 0.167 e. The van der Waals surface area contributed by atoms with Crippen LogP contribution in [0.2, 0.25) is 0 Å². The third kappa shape index (κ3) is 4.15. The molecule has 0 bridgehead atoms. The van der Waals surface area contributed by atoms with Gasteiger partial charge in [-0.15, -0.1) is 0 Å². The van der Waals surface area contributed by atoms with E-state index in [-0.39, 0.29) is 5.78 Å². The summed E-state index contributed by atoms with van der Waals surface area (Å²) in [4.78, 5) is 12.4. The summed E-state index contributed by atoms with van der Waals surface area (Å²) in [6.45, 7) is 6.19. The molecule has 0 aliphatic carbocycles. The fourth-order valence-electron chi connectivity index (χ4n) is 2.59. The molecule has 3 aromatic rings. The zero-order valence-electron chi connectivity index (χ0n) is 14.7. The van der Waals surface area contributed by atoms with E-state index in [1.807, 2.05) is 57.2 Å². The minimum absolute atomic E-state index is 0.0983. The van der Waals surface area contributed by atoms with Crippen molar-refractivity contribution in [3.63, 3.8) is 0 Å². The van der Waals surface area contributed by atoms with Crippen LogP contribution < -0.4 is 4.74 Å². The lowest BCUT2D eigenvalue weighted by Gasteiger charge is -2.07. The average molecular weight is 335 g/mol. The number of carbonyl (C=O) groups excluding carboxylic acids is 1. The van der Waals surface area contributed by atoms with Crippen LogP contribution in [0.15, 0.2) is 53.1 Å². The minimum Gasteiger partial charge on any atom is -0.489 e. The van der Waals surface area contributed by atoms with Crippen molar-refractivity contribution in [3.8, 4) is 5.75 Å². The van der Waals surface area contributed by atoms with E-state index in [2.05, 4.69) is 5.16 Å². The summed E-state index contributed by atoms with van der Waals surface area (Å²) in [5, 5.41) is 3.91. The maximum absolute atomic E-state index is 12.4. The van der Waals surface area contributed by atoms with Gasteiger partial charge in [-0.2, -0.15) is 0 Å². The molecule has 0 unspecified atom stereocenters. The van der Waals surface area contributed by atoms with E-state index in [1.54, 1.807) is 12.1 Å². The summed E-state index contributed by atoms with van der Waals surface area (Å²) >= 11 is 0. The normalized spacial score (nSPS) is 10.7. The molecule has 0 aliphatic rings. The molecule has 4 heteroatoms. The Morgan fingerprint density at radius 2 is 1.68 bits per heavy atom. The molecular formula is C21H21NO3. The number of aromatic nitrogens is 1. The molecule has 1 aromatic heterocycles. The number of ether oxygens (including phenoxy) is 1. The predicted molar refractivity (Wildman–Crippen MR) is 96.0 cm³/mol. The van der Waals surface area contributed by atoms with Crippen LogP contribution in [-0.2, 0) is 13.0 Å². The van der Waals surface area contributed by atoms with E-state index in [1.165, 1.54) is 5.56 Å². The van der Waals surface area contributed by atoms with Gasteiger partial charge in [0.05, 0.1) is 11.3 Å². The summed E-state index contributed by atoms with van der Waals surface area (Å²) in [6.07, 6.45) is 0.402. The van der Waals surface area contributed by atoms with Crippen LogP contribution in [0.4, 0.5) is 0 Å². The number of ketones is 1. The first-order valence-electron chi connectivity index (χ1n) is 8.26. The molecule has 0 N–H and O–H groups in total. The quantitative estimate of drug-likeness (QED) is 0.618. The van der Waals surface area contributed by atoms with Gasteiger partial charge in [-0.05, 0) is 50.6 Å². The third-order valence-corrected chi connectivity index (χ3v) is 4.23. The molecule has 0 spiro atoms. The van der Waals surface area contributed by atoms with Crippen molar-refractivity contribution in [2.24, 2.45) is 0 Å². The molecule has 0 fully saturated rings. The summed E-state index contributed by atoms with van der Waals surface area (Å²) in [5.41, 5.74) is 4.69. The second-order valence-electron chi connectivity index (χ2n) is 6.20. The van der Waals surface area contributed by atoms with Crippen molar-refractivity contribution in [2.75, 3.05) is 0 Å². The number of carbonyl (C=O) groups is 1. The molecular weight excluding hydrogens is 314 g/mol. The Kier molecular flexibility index (Phi) is 4.98. The van der Waals surface area contributed by atoms with Gasteiger partial charge in [-0.1, -0.05) is 35.0 Å². The monoisotopic (exact) mass is 335 g/mol. The number of rotatable bonds is 6. The number of benzene rings is 2. The number of hydrogen-bond acceptors (Lipinski definition) is 4. The first kappa shape index (κ1) is 17.0. The Morgan fingerprint density at radius 3 is 2.28 bits per heavy atom. The highest BCUT2D eigenvalue weighted by molar-refractivity contribution is 5.97. The number of aryl methyl sites for hydroxylation is 3. The molecule has 128 valence electrons. The number of nitrogens with zero attached hydrogens (tertiary/aromatic N) is 1. The van der Waals surface area contributed by atoms with E-state index < -0.39 is 0 Å². The van der Waals surface area contributed by atoms with Crippen molar-refractivity contribution >= 4 is 5.78 Å². The Hall–Kier alpha value is -2.88. The predicted octanol–water partition coefficient (Wildman–Crippen LogP) is 4.60. The molecule has 0 atom stereocenters. The van der Waals surface area contributed by atoms with E-state index in [9.17, 15) is 4.79 Å². The van der Waals surface area contributed by atoms with Crippen molar-refractivity contribution in [2.45, 2.75) is 33.8 Å². The molecule has 0 amide bonds. The van der Waals surface area contributed by atoms with Crippen LogP contribution in [-0.4, -0.2) is 10.9 Å². The SMILES string of the molecule is Cc1ccc(CC(=O)c2ccc(OCc3c(C)noc3C)cc2)cc1. The van der Waals surface area contributed by atoms with Gasteiger partial charge in [-0.3, -0.25) is 4.79 Å². The summed E-state index contributed by atoms with van der Waals surface area (Å²) in [7, 11) is 0. The third-order valence-electron chi connectivity index (χ3n) is 4.23. The standard InChI is InChI=1S/C21H21NO3/c1-14-4-6-17(7-5-14)12-21(23)18-8-10-19(11-9-18)24-13-20-15(2)22-25-16(20)3/h4-11H,12-13H2,1-3H3. The van der Waals surface area contributed by atoms with Gasteiger partial charge in [0.25, 0.3) is 0 Å². The molecule has 3 rings (SSSR count). The maximum Gasteiger partial charge on any atom is 0.167 e. The Morgan fingerprint density at radius 1 is 1.00 bits per heavy atom. The highest BCUT2D eigenvalue weighted by Gasteiger charge is 2.10. The number of Topliss-reactive ketones (excluding diaryl/α,β-unsaturated/α-hetero) is 1. The second-order valence-corrected chi connectivity index (χ2v) is 6.20. The first-order valence-corrected chi connectivity index (χ1v) is 8.26. The molecule has 1 heterocycles. The van der Waals surface area contributed by atoms with E-state index >= 15 is 0 Å². The van der Waals surface area contributed by atoms with Crippen LogP contribution in [0.1, 0.15) is 38.5 Å². The van der Waals surface area contributed by atoms with Gasteiger partial charge in [-0.25, -0.2) is 0 Å². The summed E-state index contributed by atoms with van der Waals surface area (Å²) < 4.78 is 10.9. The van der Waals surface area contributed by atoms with Crippen LogP contribution in [0.25, 0.3) is 0 Å². The molecule has 25 heavy (non-hydrogen) atoms. The zero-order valence-corrected chi connectivity index (χ0v) is 14.7. The first-order chi connectivity index (χ1) is 12.0. The van der Waals surface area contributed by atoms with Crippen LogP contribution in [0.3, 0.4) is 0 Å². The lowest BCUT2D eigenvalue weighted by molar-refractivity contribution is 0.0993. The van der Waals surface area contributed by atoms with Gasteiger partial charge in [0.2, 0.25) is 0 Å². The minimum atomic E-state index is 0.0983. The maximum atomic E-state index is 12.4. The van der Waals surface area contributed by atoms with E-state index in [0.717, 1.165) is 22.6 Å².